The summed E-state index contributed by atoms with van der Waals surface area (Å²) < 4.78 is 0. The smallest absolute Gasteiger partial charge is 0.320 e. The maximum atomic E-state index is 11.7. The van der Waals surface area contributed by atoms with Crippen molar-refractivity contribution in [3.8, 4) is 0 Å². The third-order valence-corrected chi connectivity index (χ3v) is 5.30. The van der Waals surface area contributed by atoms with E-state index in [9.17, 15) is 14.7 Å². The molecular weight excluding hydrogens is 278 g/mol. The molecule has 1 saturated heterocycles. The van der Waals surface area contributed by atoms with Crippen LogP contribution in [0.1, 0.15) is 37.2 Å². The third kappa shape index (κ3) is 3.07. The molecule has 0 amide bonds. The molecule has 1 aliphatic carbocycles. The van der Waals surface area contributed by atoms with E-state index in [4.69, 9.17) is 0 Å². The molecular formula is C18H23NO3. The van der Waals surface area contributed by atoms with E-state index >= 15 is 0 Å². The zero-order valence-electron chi connectivity index (χ0n) is 12.7. The predicted molar refractivity (Wildman–Crippen MR) is 83.7 cm³/mol. The van der Waals surface area contributed by atoms with Crippen LogP contribution in [-0.4, -0.2) is 41.4 Å². The highest BCUT2D eigenvalue weighted by Gasteiger charge is 2.40. The number of aldehydes is 1. The second-order valence-electron chi connectivity index (χ2n) is 6.66. The Hall–Kier alpha value is -1.68. The van der Waals surface area contributed by atoms with Gasteiger partial charge in [0.25, 0.3) is 0 Å². The quantitative estimate of drug-likeness (QED) is 0.820. The van der Waals surface area contributed by atoms with Gasteiger partial charge in [0.05, 0.1) is 0 Å². The zero-order chi connectivity index (χ0) is 15.5. The van der Waals surface area contributed by atoms with E-state index in [0.717, 1.165) is 31.1 Å². The topological polar surface area (TPSA) is 57.6 Å². The van der Waals surface area contributed by atoms with Gasteiger partial charge >= 0.3 is 5.97 Å². The van der Waals surface area contributed by atoms with E-state index in [1.807, 2.05) is 35.2 Å². The summed E-state index contributed by atoms with van der Waals surface area (Å²) in [6.07, 6.45) is 5.25. The molecule has 0 spiro atoms. The van der Waals surface area contributed by atoms with Crippen LogP contribution in [-0.2, 0) is 9.59 Å². The number of nitrogens with zero attached hydrogens (tertiary/aromatic N) is 1. The molecule has 1 N–H and O–H groups in total. The lowest BCUT2D eigenvalue weighted by atomic mass is 9.80. The fourth-order valence-corrected chi connectivity index (χ4v) is 3.76. The summed E-state index contributed by atoms with van der Waals surface area (Å²) in [5.74, 6) is -0.190. The molecule has 3 rings (SSSR count). The summed E-state index contributed by atoms with van der Waals surface area (Å²) in [4.78, 5) is 25.1. The standard InChI is InChI=1S/C18H23NO3/c20-12-15-10-19(11-16(15)14-7-2-1-3-8-14)17(18(21)22)9-13-5-4-6-13/h1-3,7-8,12-13,15-17H,4-6,9-11H2,(H,21,22)/t15?,16?,17-/m0/s1. The number of carbonyl (C=O) groups is 2. The Kier molecular flexibility index (Phi) is 4.57. The molecule has 1 aromatic carbocycles. The van der Waals surface area contributed by atoms with Crippen molar-refractivity contribution in [2.75, 3.05) is 13.1 Å². The Bertz CT molecular complexity index is 526. The first-order chi connectivity index (χ1) is 10.7. The number of carboxylic acids is 1. The number of rotatable bonds is 6. The van der Waals surface area contributed by atoms with Gasteiger partial charge in [-0.2, -0.15) is 0 Å². The van der Waals surface area contributed by atoms with Crippen LogP contribution in [0.5, 0.6) is 0 Å². The predicted octanol–water partition coefficient (Wildman–Crippen LogP) is 2.54. The molecule has 2 fully saturated rings. The molecule has 1 aliphatic heterocycles. The van der Waals surface area contributed by atoms with Gasteiger partial charge in [0.15, 0.2) is 0 Å². The van der Waals surface area contributed by atoms with Gasteiger partial charge in [-0.15, -0.1) is 0 Å². The van der Waals surface area contributed by atoms with E-state index < -0.39 is 12.0 Å². The van der Waals surface area contributed by atoms with Crippen molar-refractivity contribution >= 4 is 12.3 Å². The second-order valence-corrected chi connectivity index (χ2v) is 6.66. The molecule has 0 aromatic heterocycles. The van der Waals surface area contributed by atoms with Crippen molar-refractivity contribution in [1.29, 1.82) is 0 Å². The SMILES string of the molecule is O=CC1CN([C@@H](CC2CCC2)C(=O)O)CC1c1ccccc1. The van der Waals surface area contributed by atoms with Gasteiger partial charge in [0.2, 0.25) is 0 Å². The third-order valence-electron chi connectivity index (χ3n) is 5.30. The number of aliphatic carboxylic acids is 1. The zero-order valence-corrected chi connectivity index (χ0v) is 12.7. The van der Waals surface area contributed by atoms with E-state index in [1.165, 1.54) is 6.42 Å². The summed E-state index contributed by atoms with van der Waals surface area (Å²) >= 11 is 0. The molecule has 3 atom stereocenters. The van der Waals surface area contributed by atoms with E-state index in [0.29, 0.717) is 19.0 Å². The Labute approximate surface area is 131 Å². The number of hydrogen-bond acceptors (Lipinski definition) is 3. The summed E-state index contributed by atoms with van der Waals surface area (Å²) in [7, 11) is 0. The summed E-state index contributed by atoms with van der Waals surface area (Å²) in [6, 6.07) is 9.54. The first-order valence-corrected chi connectivity index (χ1v) is 8.16. The molecule has 1 saturated carbocycles. The van der Waals surface area contributed by atoms with Crippen molar-refractivity contribution in [1.82, 2.24) is 4.90 Å². The monoisotopic (exact) mass is 301 g/mol. The van der Waals surface area contributed by atoms with Crippen molar-refractivity contribution in [2.24, 2.45) is 11.8 Å². The fraction of sp³-hybridized carbons (Fsp3) is 0.556. The maximum Gasteiger partial charge on any atom is 0.320 e. The minimum Gasteiger partial charge on any atom is -0.480 e. The molecule has 1 heterocycles. The minimum absolute atomic E-state index is 0.106. The van der Waals surface area contributed by atoms with Crippen LogP contribution in [0.25, 0.3) is 0 Å². The highest BCUT2D eigenvalue weighted by molar-refractivity contribution is 5.74. The average Bonchev–Trinajstić information content (AvgIpc) is 2.90. The Morgan fingerprint density at radius 2 is 2.00 bits per heavy atom. The Morgan fingerprint density at radius 3 is 2.55 bits per heavy atom. The average molecular weight is 301 g/mol. The van der Waals surface area contributed by atoms with Crippen LogP contribution in [0.4, 0.5) is 0 Å². The molecule has 0 radical (unpaired) electrons. The van der Waals surface area contributed by atoms with Gasteiger partial charge in [-0.3, -0.25) is 9.69 Å². The van der Waals surface area contributed by atoms with Crippen LogP contribution >= 0.6 is 0 Å². The molecule has 2 unspecified atom stereocenters. The second kappa shape index (κ2) is 6.61. The first-order valence-electron chi connectivity index (χ1n) is 8.16. The number of likely N-dealkylation sites (tertiary alicyclic amines) is 1. The minimum atomic E-state index is -0.745. The van der Waals surface area contributed by atoms with E-state index in [-0.39, 0.29) is 11.8 Å². The van der Waals surface area contributed by atoms with Crippen LogP contribution in [0.15, 0.2) is 30.3 Å². The molecule has 118 valence electrons. The number of carboxylic acid groups (broad SMARTS) is 1. The van der Waals surface area contributed by atoms with Gasteiger partial charge in [-0.25, -0.2) is 0 Å². The van der Waals surface area contributed by atoms with Gasteiger partial charge in [0.1, 0.15) is 12.3 Å². The molecule has 4 heteroatoms. The van der Waals surface area contributed by atoms with Crippen LogP contribution in [0.3, 0.4) is 0 Å². The maximum absolute atomic E-state index is 11.7. The molecule has 4 nitrogen and oxygen atoms in total. The van der Waals surface area contributed by atoms with Crippen LogP contribution < -0.4 is 0 Å². The summed E-state index contributed by atoms with van der Waals surface area (Å²) in [5, 5.41) is 9.59. The number of carbonyl (C=O) groups excluding carboxylic acids is 1. The van der Waals surface area contributed by atoms with E-state index in [1.54, 1.807) is 0 Å². The first kappa shape index (κ1) is 15.2. The van der Waals surface area contributed by atoms with Crippen molar-refractivity contribution in [3.05, 3.63) is 35.9 Å². The fourth-order valence-electron chi connectivity index (χ4n) is 3.76. The molecule has 2 aliphatic rings. The highest BCUT2D eigenvalue weighted by atomic mass is 16.4. The lowest BCUT2D eigenvalue weighted by molar-refractivity contribution is -0.144. The van der Waals surface area contributed by atoms with Crippen molar-refractivity contribution in [2.45, 2.75) is 37.6 Å². The Morgan fingerprint density at radius 1 is 1.27 bits per heavy atom. The number of benzene rings is 1. The van der Waals surface area contributed by atoms with Gasteiger partial charge < -0.3 is 9.90 Å². The van der Waals surface area contributed by atoms with Crippen LogP contribution in [0.2, 0.25) is 0 Å². The normalized spacial score (nSPS) is 27.3. The van der Waals surface area contributed by atoms with Gasteiger partial charge in [0, 0.05) is 24.9 Å². The summed E-state index contributed by atoms with van der Waals surface area (Å²) in [6.45, 7) is 1.23. The van der Waals surface area contributed by atoms with E-state index in [2.05, 4.69) is 0 Å². The van der Waals surface area contributed by atoms with Crippen molar-refractivity contribution in [3.63, 3.8) is 0 Å². The molecule has 0 bridgehead atoms. The molecule has 1 aromatic rings. The van der Waals surface area contributed by atoms with Crippen LogP contribution in [0, 0.1) is 11.8 Å². The summed E-state index contributed by atoms with van der Waals surface area (Å²) in [5.41, 5.74) is 1.13. The lowest BCUT2D eigenvalue weighted by Crippen LogP contribution is -2.42. The highest BCUT2D eigenvalue weighted by Crippen LogP contribution is 2.36. The van der Waals surface area contributed by atoms with Crippen molar-refractivity contribution < 1.29 is 14.7 Å². The van der Waals surface area contributed by atoms with Gasteiger partial charge in [-0.05, 0) is 17.9 Å². The van der Waals surface area contributed by atoms with Gasteiger partial charge in [-0.1, -0.05) is 49.6 Å². The Balaban J connectivity index is 1.74. The largest absolute Gasteiger partial charge is 0.480 e. The number of hydrogen-bond donors (Lipinski definition) is 1. The lowest BCUT2D eigenvalue weighted by Gasteiger charge is -2.32. The molecule has 22 heavy (non-hydrogen) atoms.